The number of aliphatic hydroxyl groups excluding tert-OH is 1. The predicted molar refractivity (Wildman–Crippen MR) is 61.5 cm³/mol. The number of Topliss-reactive ketones (excluding diaryl/α,β-unsaturated/α-hetero) is 2. The summed E-state index contributed by atoms with van der Waals surface area (Å²) in [6.45, 7) is 1.59. The molecule has 0 aliphatic rings. The van der Waals surface area contributed by atoms with E-state index in [1.807, 2.05) is 12.1 Å². The second-order valence-corrected chi connectivity index (χ2v) is 3.80. The van der Waals surface area contributed by atoms with Gasteiger partial charge in [0, 0.05) is 25.0 Å². The van der Waals surface area contributed by atoms with Crippen LogP contribution in [0.2, 0.25) is 0 Å². The lowest BCUT2D eigenvalue weighted by atomic mass is 10.0. The third-order valence-corrected chi connectivity index (χ3v) is 2.38. The first-order valence-electron chi connectivity index (χ1n) is 5.36. The highest BCUT2D eigenvalue weighted by Crippen LogP contribution is 2.08. The number of carbonyl (C=O) groups excluding carboxylic acids is 2. The topological polar surface area (TPSA) is 54.4 Å². The van der Waals surface area contributed by atoms with Crippen LogP contribution >= 0.6 is 0 Å². The second kappa shape index (κ2) is 6.18. The van der Waals surface area contributed by atoms with Gasteiger partial charge in [0.15, 0.2) is 5.78 Å². The molecule has 1 rings (SSSR count). The highest BCUT2D eigenvalue weighted by Gasteiger charge is 2.06. The lowest BCUT2D eigenvalue weighted by Gasteiger charge is -2.02. The zero-order valence-corrected chi connectivity index (χ0v) is 9.40. The van der Waals surface area contributed by atoms with Gasteiger partial charge < -0.3 is 9.90 Å². The molecule has 1 N–H and O–H groups in total. The van der Waals surface area contributed by atoms with Crippen molar-refractivity contribution in [2.45, 2.75) is 26.2 Å². The molecule has 0 radical (unpaired) electrons. The van der Waals surface area contributed by atoms with E-state index in [2.05, 4.69) is 0 Å². The van der Waals surface area contributed by atoms with Crippen LogP contribution in [0.5, 0.6) is 0 Å². The summed E-state index contributed by atoms with van der Waals surface area (Å²) in [5, 5.41) is 8.74. The fourth-order valence-corrected chi connectivity index (χ4v) is 1.42. The van der Waals surface area contributed by atoms with Crippen molar-refractivity contribution in [2.75, 3.05) is 6.61 Å². The Morgan fingerprint density at radius 2 is 1.75 bits per heavy atom. The smallest absolute Gasteiger partial charge is 0.163 e. The van der Waals surface area contributed by atoms with Gasteiger partial charge >= 0.3 is 0 Å². The van der Waals surface area contributed by atoms with Gasteiger partial charge in [0.1, 0.15) is 5.78 Å². The number of aliphatic hydroxyl groups is 1. The zero-order chi connectivity index (χ0) is 12.0. The minimum Gasteiger partial charge on any atom is -0.396 e. The first kappa shape index (κ1) is 12.6. The normalized spacial score (nSPS) is 10.1. The summed E-state index contributed by atoms with van der Waals surface area (Å²) < 4.78 is 0. The molecule has 86 valence electrons. The fourth-order valence-electron chi connectivity index (χ4n) is 1.42. The fraction of sp³-hybridized carbons (Fsp3) is 0.385. The van der Waals surface area contributed by atoms with Gasteiger partial charge in [0.05, 0.1) is 0 Å². The summed E-state index contributed by atoms with van der Waals surface area (Å²) in [6, 6.07) is 7.15. The van der Waals surface area contributed by atoms with Crippen LogP contribution < -0.4 is 0 Å². The van der Waals surface area contributed by atoms with Crippen molar-refractivity contribution >= 4 is 11.6 Å². The summed E-state index contributed by atoms with van der Waals surface area (Å²) >= 11 is 0. The number of benzene rings is 1. The molecule has 0 saturated heterocycles. The van der Waals surface area contributed by atoms with Crippen LogP contribution in [0.4, 0.5) is 0 Å². The van der Waals surface area contributed by atoms with Gasteiger partial charge in [0.25, 0.3) is 0 Å². The molecule has 0 fully saturated rings. The standard InChI is InChI=1S/C13H16O3/c1-10(15)2-7-13(16)12-5-3-11(4-6-12)8-9-14/h3-6,14H,2,7-9H2,1H3. The minimum absolute atomic E-state index is 0.00857. The summed E-state index contributed by atoms with van der Waals surface area (Å²) in [5.41, 5.74) is 1.63. The van der Waals surface area contributed by atoms with E-state index in [1.165, 1.54) is 6.92 Å². The highest BCUT2D eigenvalue weighted by atomic mass is 16.3. The molecule has 0 atom stereocenters. The zero-order valence-electron chi connectivity index (χ0n) is 9.40. The van der Waals surface area contributed by atoms with Gasteiger partial charge in [-0.3, -0.25) is 4.79 Å². The van der Waals surface area contributed by atoms with Gasteiger partial charge in [-0.05, 0) is 18.9 Å². The lowest BCUT2D eigenvalue weighted by molar-refractivity contribution is -0.116. The Labute approximate surface area is 95.1 Å². The van der Waals surface area contributed by atoms with E-state index >= 15 is 0 Å². The Balaban J connectivity index is 2.59. The maximum Gasteiger partial charge on any atom is 0.163 e. The SMILES string of the molecule is CC(=O)CCC(=O)c1ccc(CCO)cc1. The van der Waals surface area contributed by atoms with Crippen LogP contribution in [0, 0.1) is 0 Å². The lowest BCUT2D eigenvalue weighted by Crippen LogP contribution is -2.02. The van der Waals surface area contributed by atoms with Crippen molar-refractivity contribution in [1.82, 2.24) is 0 Å². The molecule has 3 nitrogen and oxygen atoms in total. The largest absolute Gasteiger partial charge is 0.396 e. The van der Waals surface area contributed by atoms with E-state index in [0.717, 1.165) is 5.56 Å². The summed E-state index contributed by atoms with van der Waals surface area (Å²) in [5.74, 6) is 0.0241. The molecule has 0 aliphatic carbocycles. The third-order valence-electron chi connectivity index (χ3n) is 2.38. The Morgan fingerprint density at radius 1 is 1.12 bits per heavy atom. The predicted octanol–water partition coefficient (Wildman–Crippen LogP) is 1.77. The highest BCUT2D eigenvalue weighted by molar-refractivity contribution is 5.97. The van der Waals surface area contributed by atoms with E-state index in [9.17, 15) is 9.59 Å². The van der Waals surface area contributed by atoms with Crippen LogP contribution in [0.1, 0.15) is 35.7 Å². The molecule has 0 aromatic heterocycles. The van der Waals surface area contributed by atoms with E-state index in [4.69, 9.17) is 5.11 Å². The molecular weight excluding hydrogens is 204 g/mol. The van der Waals surface area contributed by atoms with Crippen molar-refractivity contribution < 1.29 is 14.7 Å². The number of hydrogen-bond acceptors (Lipinski definition) is 3. The van der Waals surface area contributed by atoms with Crippen LogP contribution in [0.3, 0.4) is 0 Å². The van der Waals surface area contributed by atoms with Crippen molar-refractivity contribution in [2.24, 2.45) is 0 Å². The molecule has 1 aromatic carbocycles. The third kappa shape index (κ3) is 3.95. The molecule has 0 heterocycles. The number of carbonyl (C=O) groups is 2. The summed E-state index contributed by atoms with van der Waals surface area (Å²) in [4.78, 5) is 22.4. The van der Waals surface area contributed by atoms with Crippen molar-refractivity contribution in [3.8, 4) is 0 Å². The first-order valence-corrected chi connectivity index (χ1v) is 5.36. The maximum atomic E-state index is 11.6. The molecule has 0 saturated carbocycles. The summed E-state index contributed by atoms with van der Waals surface area (Å²) in [6.07, 6.45) is 1.17. The van der Waals surface area contributed by atoms with Crippen molar-refractivity contribution in [1.29, 1.82) is 0 Å². The van der Waals surface area contributed by atoms with Crippen LogP contribution in [-0.2, 0) is 11.2 Å². The maximum absolute atomic E-state index is 11.6. The van der Waals surface area contributed by atoms with Crippen LogP contribution in [0.25, 0.3) is 0 Å². The van der Waals surface area contributed by atoms with Crippen molar-refractivity contribution in [3.05, 3.63) is 35.4 Å². The molecule has 16 heavy (non-hydrogen) atoms. The van der Waals surface area contributed by atoms with E-state index < -0.39 is 0 Å². The van der Waals surface area contributed by atoms with Crippen molar-refractivity contribution in [3.63, 3.8) is 0 Å². The van der Waals surface area contributed by atoms with Gasteiger partial charge in [-0.1, -0.05) is 24.3 Å². The van der Waals surface area contributed by atoms with E-state index in [0.29, 0.717) is 18.4 Å². The molecule has 0 bridgehead atoms. The average molecular weight is 220 g/mol. The Hall–Kier alpha value is -1.48. The molecule has 1 aromatic rings. The first-order chi connectivity index (χ1) is 7.63. The molecule has 0 spiro atoms. The second-order valence-electron chi connectivity index (χ2n) is 3.80. The molecule has 0 unspecified atom stereocenters. The Bertz CT molecular complexity index is 365. The summed E-state index contributed by atoms with van der Waals surface area (Å²) in [7, 11) is 0. The van der Waals surface area contributed by atoms with E-state index in [1.54, 1.807) is 12.1 Å². The number of hydrogen-bond donors (Lipinski definition) is 1. The number of ketones is 2. The molecule has 0 aliphatic heterocycles. The van der Waals surface area contributed by atoms with Gasteiger partial charge in [-0.2, -0.15) is 0 Å². The van der Waals surface area contributed by atoms with Gasteiger partial charge in [-0.25, -0.2) is 0 Å². The molecule has 3 heteroatoms. The number of rotatable bonds is 6. The molecule has 0 amide bonds. The average Bonchev–Trinajstić information content (AvgIpc) is 2.27. The minimum atomic E-state index is -0.00857. The van der Waals surface area contributed by atoms with Gasteiger partial charge in [-0.15, -0.1) is 0 Å². The molecular formula is C13H16O3. The quantitative estimate of drug-likeness (QED) is 0.743. The Kier molecular flexibility index (Phi) is 4.86. The monoisotopic (exact) mass is 220 g/mol. The van der Waals surface area contributed by atoms with Crippen LogP contribution in [-0.4, -0.2) is 23.3 Å². The van der Waals surface area contributed by atoms with Crippen LogP contribution in [0.15, 0.2) is 24.3 Å². The Morgan fingerprint density at radius 3 is 2.25 bits per heavy atom. The van der Waals surface area contributed by atoms with E-state index in [-0.39, 0.29) is 24.6 Å². The van der Waals surface area contributed by atoms with Gasteiger partial charge in [0.2, 0.25) is 0 Å².